The van der Waals surface area contributed by atoms with Gasteiger partial charge in [-0.3, -0.25) is 16.0 Å². The van der Waals surface area contributed by atoms with Crippen LogP contribution in [0.15, 0.2) is 0 Å². The van der Waals surface area contributed by atoms with E-state index < -0.39 is 0 Å². The van der Waals surface area contributed by atoms with Gasteiger partial charge in [-0.2, -0.15) is 5.10 Å². The lowest BCUT2D eigenvalue weighted by atomic mass is 10.0. The van der Waals surface area contributed by atoms with Gasteiger partial charge in [-0.15, -0.1) is 0 Å². The first-order valence-electron chi connectivity index (χ1n) is 6.30. The van der Waals surface area contributed by atoms with Crippen molar-refractivity contribution in [3.8, 4) is 0 Å². The predicted molar refractivity (Wildman–Crippen MR) is 73.5 cm³/mol. The zero-order valence-electron chi connectivity index (χ0n) is 11.5. The van der Waals surface area contributed by atoms with E-state index in [2.05, 4.69) is 17.4 Å². The van der Waals surface area contributed by atoms with Crippen LogP contribution in [0.4, 0.5) is 0 Å². The standard InChI is InChI=1S/C12H23ClN4O/c1-5-11(18-6-2)10(15-14)7-9-8(3)16-17(4)12(9)13/h10-11,15H,5-7,14H2,1-4H3. The number of ether oxygens (including phenoxy) is 1. The number of hydrogen-bond acceptors (Lipinski definition) is 4. The molecule has 1 aromatic heterocycles. The number of nitrogens with zero attached hydrogens (tertiary/aromatic N) is 2. The Labute approximate surface area is 114 Å². The van der Waals surface area contributed by atoms with E-state index in [0.717, 1.165) is 17.7 Å². The summed E-state index contributed by atoms with van der Waals surface area (Å²) in [4.78, 5) is 0. The van der Waals surface area contributed by atoms with Crippen molar-refractivity contribution >= 4 is 11.6 Å². The van der Waals surface area contributed by atoms with Gasteiger partial charge >= 0.3 is 0 Å². The summed E-state index contributed by atoms with van der Waals surface area (Å²) in [6.07, 6.45) is 1.70. The van der Waals surface area contributed by atoms with Crippen LogP contribution in [0.25, 0.3) is 0 Å². The fourth-order valence-electron chi connectivity index (χ4n) is 2.16. The summed E-state index contributed by atoms with van der Waals surface area (Å²) >= 11 is 6.23. The van der Waals surface area contributed by atoms with Crippen molar-refractivity contribution in [3.63, 3.8) is 0 Å². The smallest absolute Gasteiger partial charge is 0.130 e. The fraction of sp³-hybridized carbons (Fsp3) is 0.750. The SMILES string of the molecule is CCOC(CC)C(Cc1c(C)nn(C)c1Cl)NN. The molecular formula is C12H23ClN4O. The molecule has 0 aromatic carbocycles. The number of halogens is 1. The second-order valence-electron chi connectivity index (χ2n) is 4.36. The van der Waals surface area contributed by atoms with Crippen LogP contribution in [-0.2, 0) is 18.2 Å². The normalized spacial score (nSPS) is 14.8. The number of aromatic nitrogens is 2. The molecule has 1 aromatic rings. The van der Waals surface area contributed by atoms with E-state index >= 15 is 0 Å². The Hall–Kier alpha value is -0.620. The molecule has 104 valence electrons. The molecule has 0 aliphatic heterocycles. The van der Waals surface area contributed by atoms with Gasteiger partial charge in [0.1, 0.15) is 5.15 Å². The molecule has 5 nitrogen and oxygen atoms in total. The van der Waals surface area contributed by atoms with E-state index in [1.54, 1.807) is 4.68 Å². The Bertz CT molecular complexity index is 380. The van der Waals surface area contributed by atoms with Crippen molar-refractivity contribution in [2.24, 2.45) is 12.9 Å². The molecule has 0 amide bonds. The maximum Gasteiger partial charge on any atom is 0.130 e. The average Bonchev–Trinajstić information content (AvgIpc) is 2.59. The van der Waals surface area contributed by atoms with E-state index in [0.29, 0.717) is 18.2 Å². The van der Waals surface area contributed by atoms with Crippen LogP contribution in [0, 0.1) is 6.92 Å². The number of nitrogens with one attached hydrogen (secondary N) is 1. The highest BCUT2D eigenvalue weighted by Gasteiger charge is 2.23. The van der Waals surface area contributed by atoms with Crippen LogP contribution in [0.5, 0.6) is 0 Å². The third-order valence-corrected chi connectivity index (χ3v) is 3.61. The summed E-state index contributed by atoms with van der Waals surface area (Å²) in [5.74, 6) is 5.63. The monoisotopic (exact) mass is 274 g/mol. The van der Waals surface area contributed by atoms with Gasteiger partial charge < -0.3 is 4.74 Å². The summed E-state index contributed by atoms with van der Waals surface area (Å²) in [6, 6.07) is 0.0374. The number of aryl methyl sites for hydroxylation is 2. The first-order chi connectivity index (χ1) is 8.54. The molecule has 1 heterocycles. The van der Waals surface area contributed by atoms with E-state index in [9.17, 15) is 0 Å². The largest absolute Gasteiger partial charge is 0.377 e. The molecule has 0 aliphatic carbocycles. The van der Waals surface area contributed by atoms with E-state index in [1.807, 2.05) is 20.9 Å². The van der Waals surface area contributed by atoms with Crippen molar-refractivity contribution in [1.82, 2.24) is 15.2 Å². The Morgan fingerprint density at radius 1 is 1.50 bits per heavy atom. The van der Waals surface area contributed by atoms with Crippen molar-refractivity contribution in [2.45, 2.75) is 45.8 Å². The van der Waals surface area contributed by atoms with Gasteiger partial charge in [-0.05, 0) is 26.7 Å². The molecule has 0 aliphatic rings. The molecule has 0 saturated carbocycles. The van der Waals surface area contributed by atoms with Gasteiger partial charge in [0.05, 0.1) is 17.8 Å². The van der Waals surface area contributed by atoms with Gasteiger partial charge in [-0.25, -0.2) is 0 Å². The Morgan fingerprint density at radius 2 is 2.17 bits per heavy atom. The van der Waals surface area contributed by atoms with Crippen LogP contribution in [-0.4, -0.2) is 28.5 Å². The highest BCUT2D eigenvalue weighted by atomic mass is 35.5. The third-order valence-electron chi connectivity index (χ3n) is 3.14. The van der Waals surface area contributed by atoms with Gasteiger partial charge in [-0.1, -0.05) is 18.5 Å². The lowest BCUT2D eigenvalue weighted by molar-refractivity contribution is 0.0319. The van der Waals surface area contributed by atoms with E-state index in [1.165, 1.54) is 0 Å². The van der Waals surface area contributed by atoms with Crippen molar-refractivity contribution in [1.29, 1.82) is 0 Å². The van der Waals surface area contributed by atoms with E-state index in [-0.39, 0.29) is 12.1 Å². The van der Waals surface area contributed by atoms with Crippen molar-refractivity contribution < 1.29 is 4.74 Å². The van der Waals surface area contributed by atoms with Gasteiger partial charge in [0.15, 0.2) is 0 Å². The molecule has 0 radical (unpaired) electrons. The molecule has 18 heavy (non-hydrogen) atoms. The second kappa shape index (κ2) is 7.09. The van der Waals surface area contributed by atoms with Gasteiger partial charge in [0, 0.05) is 19.2 Å². The van der Waals surface area contributed by atoms with Crippen LogP contribution >= 0.6 is 11.6 Å². The second-order valence-corrected chi connectivity index (χ2v) is 4.72. The summed E-state index contributed by atoms with van der Waals surface area (Å²) in [5, 5.41) is 4.97. The molecule has 1 rings (SSSR count). The lowest BCUT2D eigenvalue weighted by Crippen LogP contribution is -2.46. The third kappa shape index (κ3) is 3.45. The molecule has 6 heteroatoms. The predicted octanol–water partition coefficient (Wildman–Crippen LogP) is 1.57. The molecule has 0 spiro atoms. The maximum atomic E-state index is 6.23. The number of hydrazine groups is 1. The maximum absolute atomic E-state index is 6.23. The highest BCUT2D eigenvalue weighted by molar-refractivity contribution is 6.30. The van der Waals surface area contributed by atoms with E-state index in [4.69, 9.17) is 22.2 Å². The van der Waals surface area contributed by atoms with Crippen molar-refractivity contribution in [3.05, 3.63) is 16.4 Å². The topological polar surface area (TPSA) is 65.1 Å². The summed E-state index contributed by atoms with van der Waals surface area (Å²) < 4.78 is 7.37. The fourth-order valence-corrected chi connectivity index (χ4v) is 2.41. The Morgan fingerprint density at radius 3 is 2.56 bits per heavy atom. The molecule has 3 N–H and O–H groups in total. The number of rotatable bonds is 7. The number of hydrogen-bond donors (Lipinski definition) is 2. The Balaban J connectivity index is 2.84. The van der Waals surface area contributed by atoms with Crippen LogP contribution < -0.4 is 11.3 Å². The van der Waals surface area contributed by atoms with Crippen LogP contribution in [0.2, 0.25) is 5.15 Å². The summed E-state index contributed by atoms with van der Waals surface area (Å²) in [5.41, 5.74) is 4.80. The summed E-state index contributed by atoms with van der Waals surface area (Å²) in [7, 11) is 1.84. The quantitative estimate of drug-likeness (QED) is 0.585. The molecular weight excluding hydrogens is 252 g/mol. The van der Waals surface area contributed by atoms with Gasteiger partial charge in [0.25, 0.3) is 0 Å². The molecule has 0 saturated heterocycles. The zero-order valence-corrected chi connectivity index (χ0v) is 12.3. The average molecular weight is 275 g/mol. The summed E-state index contributed by atoms with van der Waals surface area (Å²) in [6.45, 7) is 6.70. The lowest BCUT2D eigenvalue weighted by Gasteiger charge is -2.25. The van der Waals surface area contributed by atoms with Crippen molar-refractivity contribution in [2.75, 3.05) is 6.61 Å². The van der Waals surface area contributed by atoms with Crippen LogP contribution in [0.1, 0.15) is 31.5 Å². The minimum absolute atomic E-state index is 0.0374. The highest BCUT2D eigenvalue weighted by Crippen LogP contribution is 2.22. The molecule has 2 unspecified atom stereocenters. The first kappa shape index (κ1) is 15.4. The van der Waals surface area contributed by atoms with Crippen LogP contribution in [0.3, 0.4) is 0 Å². The molecule has 0 bridgehead atoms. The van der Waals surface area contributed by atoms with Gasteiger partial charge in [0.2, 0.25) is 0 Å². The Kier molecular flexibility index (Phi) is 6.08. The molecule has 2 atom stereocenters. The minimum Gasteiger partial charge on any atom is -0.377 e. The number of nitrogens with two attached hydrogens (primary N) is 1. The first-order valence-corrected chi connectivity index (χ1v) is 6.68. The molecule has 0 fully saturated rings. The zero-order chi connectivity index (χ0) is 13.7. The minimum atomic E-state index is 0.0374.